The van der Waals surface area contributed by atoms with E-state index in [1.807, 2.05) is 6.07 Å². The largest absolute Gasteiger partial charge is 0.472 e. The van der Waals surface area contributed by atoms with Gasteiger partial charge in [0.2, 0.25) is 0 Å². The lowest BCUT2D eigenvalue weighted by atomic mass is 9.95. The molecule has 0 aliphatic heterocycles. The number of hydrogen-bond acceptors (Lipinski definition) is 3. The molecule has 1 heterocycles. The average molecular weight is 194 g/mol. The third kappa shape index (κ3) is 2.16. The van der Waals surface area contributed by atoms with E-state index >= 15 is 0 Å². The van der Waals surface area contributed by atoms with E-state index in [0.29, 0.717) is 0 Å². The first-order valence-electron chi connectivity index (χ1n) is 5.38. The molecule has 14 heavy (non-hydrogen) atoms. The van der Waals surface area contributed by atoms with Gasteiger partial charge in [-0.3, -0.25) is 11.3 Å². The maximum absolute atomic E-state index is 5.55. The highest BCUT2D eigenvalue weighted by Gasteiger charge is 2.20. The Balaban J connectivity index is 1.93. The monoisotopic (exact) mass is 194 g/mol. The molecule has 1 saturated carbocycles. The molecule has 0 aromatic carbocycles. The van der Waals surface area contributed by atoms with Crippen molar-refractivity contribution < 1.29 is 4.42 Å². The van der Waals surface area contributed by atoms with Gasteiger partial charge in [0.1, 0.15) is 0 Å². The summed E-state index contributed by atoms with van der Waals surface area (Å²) in [6.45, 7) is 0. The Kier molecular flexibility index (Phi) is 3.22. The lowest BCUT2D eigenvalue weighted by Crippen LogP contribution is -2.29. The summed E-state index contributed by atoms with van der Waals surface area (Å²) in [7, 11) is 0. The van der Waals surface area contributed by atoms with E-state index in [2.05, 4.69) is 5.43 Å². The fraction of sp³-hybridized carbons (Fsp3) is 0.636. The van der Waals surface area contributed by atoms with Crippen LogP contribution >= 0.6 is 0 Å². The maximum atomic E-state index is 5.55. The molecule has 78 valence electrons. The molecule has 1 fully saturated rings. The standard InChI is InChI=1S/C11H18N2O/c12-13-11(10-5-6-14-8-10)7-9-3-1-2-4-9/h5-6,8-9,11,13H,1-4,7,12H2. The molecule has 0 bridgehead atoms. The molecule has 1 aliphatic carbocycles. The Bertz CT molecular complexity index is 252. The topological polar surface area (TPSA) is 51.2 Å². The van der Waals surface area contributed by atoms with Gasteiger partial charge >= 0.3 is 0 Å². The van der Waals surface area contributed by atoms with Gasteiger partial charge < -0.3 is 4.42 Å². The summed E-state index contributed by atoms with van der Waals surface area (Å²) in [5.41, 5.74) is 4.04. The fourth-order valence-corrected chi connectivity index (χ4v) is 2.35. The first kappa shape index (κ1) is 9.74. The molecular formula is C11H18N2O. The second-order valence-electron chi connectivity index (χ2n) is 4.16. The van der Waals surface area contributed by atoms with E-state index in [1.165, 1.54) is 31.2 Å². The van der Waals surface area contributed by atoms with Crippen molar-refractivity contribution in [2.45, 2.75) is 38.1 Å². The van der Waals surface area contributed by atoms with Crippen molar-refractivity contribution in [1.29, 1.82) is 0 Å². The Morgan fingerprint density at radius 3 is 2.86 bits per heavy atom. The molecule has 0 amide bonds. The highest BCUT2D eigenvalue weighted by atomic mass is 16.3. The van der Waals surface area contributed by atoms with E-state index in [0.717, 1.165) is 12.3 Å². The first-order chi connectivity index (χ1) is 6.90. The predicted octanol–water partition coefficient (Wildman–Crippen LogP) is 2.36. The highest BCUT2D eigenvalue weighted by Crippen LogP contribution is 2.32. The van der Waals surface area contributed by atoms with Crippen LogP contribution in [0.3, 0.4) is 0 Å². The van der Waals surface area contributed by atoms with Crippen LogP contribution in [0.1, 0.15) is 43.7 Å². The minimum Gasteiger partial charge on any atom is -0.472 e. The van der Waals surface area contributed by atoms with Crippen LogP contribution in [0.4, 0.5) is 0 Å². The molecule has 3 heteroatoms. The smallest absolute Gasteiger partial charge is 0.0950 e. The molecule has 2 rings (SSSR count). The molecule has 1 atom stereocenters. The van der Waals surface area contributed by atoms with Crippen LogP contribution in [0.2, 0.25) is 0 Å². The number of hydrogen-bond donors (Lipinski definition) is 2. The summed E-state index contributed by atoms with van der Waals surface area (Å²) in [5.74, 6) is 6.39. The van der Waals surface area contributed by atoms with Gasteiger partial charge in [0.25, 0.3) is 0 Å². The average Bonchev–Trinajstić information content (AvgIpc) is 2.86. The van der Waals surface area contributed by atoms with Gasteiger partial charge in [0.05, 0.1) is 12.5 Å². The molecule has 0 saturated heterocycles. The van der Waals surface area contributed by atoms with E-state index in [1.54, 1.807) is 12.5 Å². The van der Waals surface area contributed by atoms with Crippen molar-refractivity contribution in [3.8, 4) is 0 Å². The molecule has 1 unspecified atom stereocenters. The molecule has 3 N–H and O–H groups in total. The van der Waals surface area contributed by atoms with Crippen LogP contribution in [0.15, 0.2) is 23.0 Å². The minimum absolute atomic E-state index is 0.261. The van der Waals surface area contributed by atoms with Gasteiger partial charge in [-0.05, 0) is 18.4 Å². The van der Waals surface area contributed by atoms with Crippen LogP contribution in [0.25, 0.3) is 0 Å². The fourth-order valence-electron chi connectivity index (χ4n) is 2.35. The third-order valence-corrected chi connectivity index (χ3v) is 3.19. The predicted molar refractivity (Wildman–Crippen MR) is 55.3 cm³/mol. The van der Waals surface area contributed by atoms with E-state index in [-0.39, 0.29) is 6.04 Å². The van der Waals surface area contributed by atoms with Crippen molar-refractivity contribution >= 4 is 0 Å². The lowest BCUT2D eigenvalue weighted by molar-refractivity contribution is 0.397. The summed E-state index contributed by atoms with van der Waals surface area (Å²) in [4.78, 5) is 0. The van der Waals surface area contributed by atoms with E-state index < -0.39 is 0 Å². The minimum atomic E-state index is 0.261. The van der Waals surface area contributed by atoms with Gasteiger partial charge in [-0.25, -0.2) is 0 Å². The number of nitrogens with one attached hydrogen (secondary N) is 1. The molecule has 1 aliphatic rings. The van der Waals surface area contributed by atoms with Gasteiger partial charge in [-0.15, -0.1) is 0 Å². The summed E-state index contributed by atoms with van der Waals surface area (Å²) >= 11 is 0. The zero-order valence-electron chi connectivity index (χ0n) is 8.41. The number of nitrogens with two attached hydrogens (primary N) is 1. The van der Waals surface area contributed by atoms with Crippen molar-refractivity contribution in [1.82, 2.24) is 5.43 Å². The van der Waals surface area contributed by atoms with Gasteiger partial charge in [0.15, 0.2) is 0 Å². The molecule has 3 nitrogen and oxygen atoms in total. The second kappa shape index (κ2) is 4.62. The Morgan fingerprint density at radius 2 is 2.29 bits per heavy atom. The molecule has 0 radical (unpaired) electrons. The second-order valence-corrected chi connectivity index (χ2v) is 4.16. The quantitative estimate of drug-likeness (QED) is 0.571. The Labute approximate surface area is 84.6 Å². The number of rotatable bonds is 4. The normalized spacial score (nSPS) is 20.1. The molecule has 0 spiro atoms. The summed E-state index contributed by atoms with van der Waals surface area (Å²) < 4.78 is 5.07. The Morgan fingerprint density at radius 1 is 1.50 bits per heavy atom. The summed E-state index contributed by atoms with van der Waals surface area (Å²) in [6, 6.07) is 2.25. The van der Waals surface area contributed by atoms with Crippen LogP contribution in [0, 0.1) is 5.92 Å². The lowest BCUT2D eigenvalue weighted by Gasteiger charge is -2.18. The number of furan rings is 1. The summed E-state index contributed by atoms with van der Waals surface area (Å²) in [5, 5.41) is 0. The van der Waals surface area contributed by atoms with E-state index in [4.69, 9.17) is 10.3 Å². The zero-order chi connectivity index (χ0) is 9.80. The van der Waals surface area contributed by atoms with E-state index in [9.17, 15) is 0 Å². The molecule has 1 aromatic rings. The van der Waals surface area contributed by atoms with Crippen molar-refractivity contribution in [2.24, 2.45) is 11.8 Å². The Hall–Kier alpha value is -0.800. The van der Waals surface area contributed by atoms with Crippen LogP contribution in [-0.2, 0) is 0 Å². The molecule has 1 aromatic heterocycles. The first-order valence-corrected chi connectivity index (χ1v) is 5.38. The van der Waals surface area contributed by atoms with Gasteiger partial charge in [0, 0.05) is 11.6 Å². The van der Waals surface area contributed by atoms with Crippen LogP contribution in [-0.4, -0.2) is 0 Å². The number of hydrazine groups is 1. The SMILES string of the molecule is NNC(CC1CCCC1)c1ccoc1. The van der Waals surface area contributed by atoms with Gasteiger partial charge in [-0.2, -0.15) is 0 Å². The highest BCUT2D eigenvalue weighted by molar-refractivity contribution is 5.11. The van der Waals surface area contributed by atoms with Crippen molar-refractivity contribution in [2.75, 3.05) is 0 Å². The third-order valence-electron chi connectivity index (χ3n) is 3.19. The van der Waals surface area contributed by atoms with Crippen molar-refractivity contribution in [3.63, 3.8) is 0 Å². The summed E-state index contributed by atoms with van der Waals surface area (Å²) in [6.07, 6.45) is 10.1. The van der Waals surface area contributed by atoms with Gasteiger partial charge in [-0.1, -0.05) is 25.7 Å². The van der Waals surface area contributed by atoms with Crippen LogP contribution in [0.5, 0.6) is 0 Å². The molecular weight excluding hydrogens is 176 g/mol. The van der Waals surface area contributed by atoms with Crippen LogP contribution < -0.4 is 11.3 Å². The zero-order valence-corrected chi connectivity index (χ0v) is 8.41. The maximum Gasteiger partial charge on any atom is 0.0950 e. The van der Waals surface area contributed by atoms with Crippen molar-refractivity contribution in [3.05, 3.63) is 24.2 Å².